The first kappa shape index (κ1) is 13.6. The van der Waals surface area contributed by atoms with Gasteiger partial charge in [0.2, 0.25) is 0 Å². The van der Waals surface area contributed by atoms with E-state index in [0.717, 1.165) is 5.56 Å². The number of hydrogen-bond donors (Lipinski definition) is 1. The van der Waals surface area contributed by atoms with E-state index < -0.39 is 6.10 Å². The first-order chi connectivity index (χ1) is 9.20. The maximum Gasteiger partial charge on any atom is 0.150 e. The van der Waals surface area contributed by atoms with Gasteiger partial charge in [0.1, 0.15) is 24.7 Å². The lowest BCUT2D eigenvalue weighted by Crippen LogP contribution is -2.09. The Morgan fingerprint density at radius 3 is 2.58 bits per heavy atom. The quantitative estimate of drug-likeness (QED) is 0.853. The van der Waals surface area contributed by atoms with Gasteiger partial charge < -0.3 is 9.84 Å². The van der Waals surface area contributed by atoms with Crippen molar-refractivity contribution in [3.63, 3.8) is 0 Å². The number of ether oxygens (including phenoxy) is 1. The van der Waals surface area contributed by atoms with Crippen LogP contribution < -0.4 is 4.74 Å². The molecule has 2 rings (SSSR count). The van der Waals surface area contributed by atoms with Crippen LogP contribution in [0.15, 0.2) is 48.5 Å². The molecule has 98 valence electrons. The van der Waals surface area contributed by atoms with E-state index in [1.165, 1.54) is 6.07 Å². The summed E-state index contributed by atoms with van der Waals surface area (Å²) in [4.78, 5) is 10.6. The first-order valence-electron chi connectivity index (χ1n) is 5.81. The first-order valence-corrected chi connectivity index (χ1v) is 6.19. The van der Waals surface area contributed by atoms with Crippen LogP contribution in [0.4, 0.5) is 0 Å². The maximum absolute atomic E-state index is 10.6. The number of carbonyl (C=O) groups is 1. The summed E-state index contributed by atoms with van der Waals surface area (Å²) in [5.74, 6) is 0.447. The van der Waals surface area contributed by atoms with Crippen LogP contribution in [0.3, 0.4) is 0 Å². The lowest BCUT2D eigenvalue weighted by Gasteiger charge is -2.13. The lowest BCUT2D eigenvalue weighted by atomic mass is 10.1. The highest BCUT2D eigenvalue weighted by atomic mass is 35.5. The van der Waals surface area contributed by atoms with E-state index in [4.69, 9.17) is 16.3 Å². The molecule has 0 saturated carbocycles. The van der Waals surface area contributed by atoms with Gasteiger partial charge in [-0.1, -0.05) is 41.9 Å². The van der Waals surface area contributed by atoms with Crippen LogP contribution in [0.25, 0.3) is 0 Å². The fraction of sp³-hybridized carbons (Fsp3) is 0.133. The van der Waals surface area contributed by atoms with Crippen molar-refractivity contribution in [3.05, 3.63) is 64.7 Å². The zero-order chi connectivity index (χ0) is 13.7. The molecule has 0 heterocycles. The summed E-state index contributed by atoms with van der Waals surface area (Å²) >= 11 is 5.97. The minimum Gasteiger partial charge on any atom is -0.489 e. The third-order valence-electron chi connectivity index (χ3n) is 2.67. The van der Waals surface area contributed by atoms with Crippen molar-refractivity contribution in [2.24, 2.45) is 0 Å². The molecular formula is C15H13ClO3. The van der Waals surface area contributed by atoms with Gasteiger partial charge in [-0.05, 0) is 23.8 Å². The molecule has 0 amide bonds. The number of aliphatic hydroxyl groups excluding tert-OH is 1. The van der Waals surface area contributed by atoms with E-state index in [1.54, 1.807) is 12.1 Å². The number of aliphatic hydroxyl groups is 1. The van der Waals surface area contributed by atoms with Crippen molar-refractivity contribution in [2.75, 3.05) is 6.61 Å². The number of aldehydes is 1. The summed E-state index contributed by atoms with van der Waals surface area (Å²) < 4.78 is 5.45. The van der Waals surface area contributed by atoms with Crippen molar-refractivity contribution in [2.45, 2.75) is 6.10 Å². The average Bonchev–Trinajstić information content (AvgIpc) is 2.46. The molecule has 3 nitrogen and oxygen atoms in total. The molecule has 0 bridgehead atoms. The molecule has 2 aromatic carbocycles. The second-order valence-electron chi connectivity index (χ2n) is 4.05. The molecule has 1 unspecified atom stereocenters. The zero-order valence-corrected chi connectivity index (χ0v) is 10.9. The molecule has 0 aromatic heterocycles. The third-order valence-corrected chi connectivity index (χ3v) is 2.97. The molecule has 1 atom stereocenters. The summed E-state index contributed by atoms with van der Waals surface area (Å²) in [6.45, 7) is 0.101. The Morgan fingerprint density at radius 2 is 1.95 bits per heavy atom. The Morgan fingerprint density at radius 1 is 1.21 bits per heavy atom. The second kappa shape index (κ2) is 6.36. The van der Waals surface area contributed by atoms with Gasteiger partial charge in [0, 0.05) is 5.56 Å². The predicted octanol–water partition coefficient (Wildman–Crippen LogP) is 3.26. The third kappa shape index (κ3) is 3.56. The van der Waals surface area contributed by atoms with Gasteiger partial charge in [-0.25, -0.2) is 0 Å². The second-order valence-corrected chi connectivity index (χ2v) is 4.45. The van der Waals surface area contributed by atoms with Gasteiger partial charge in [0.05, 0.1) is 5.02 Å². The minimum atomic E-state index is -0.719. The highest BCUT2D eigenvalue weighted by Gasteiger charge is 2.09. The van der Waals surface area contributed by atoms with Crippen molar-refractivity contribution >= 4 is 17.9 Å². The molecule has 4 heteroatoms. The highest BCUT2D eigenvalue weighted by molar-refractivity contribution is 6.32. The fourth-order valence-electron chi connectivity index (χ4n) is 1.65. The number of halogens is 1. The zero-order valence-electron chi connectivity index (χ0n) is 10.1. The van der Waals surface area contributed by atoms with Crippen molar-refractivity contribution < 1.29 is 14.6 Å². The van der Waals surface area contributed by atoms with E-state index in [2.05, 4.69) is 0 Å². The molecule has 0 spiro atoms. The predicted molar refractivity (Wildman–Crippen MR) is 73.7 cm³/mol. The number of carbonyl (C=O) groups excluding carboxylic acids is 1. The Bertz CT molecular complexity index is 555. The fourth-order valence-corrected chi connectivity index (χ4v) is 1.89. The van der Waals surface area contributed by atoms with Crippen LogP contribution in [0, 0.1) is 0 Å². The molecule has 0 aliphatic carbocycles. The van der Waals surface area contributed by atoms with Gasteiger partial charge in [-0.2, -0.15) is 0 Å². The Labute approximate surface area is 116 Å². The number of rotatable bonds is 5. The van der Waals surface area contributed by atoms with Crippen molar-refractivity contribution in [1.29, 1.82) is 0 Å². The molecule has 1 N–H and O–H groups in total. The van der Waals surface area contributed by atoms with Gasteiger partial charge in [-0.3, -0.25) is 4.79 Å². The van der Waals surface area contributed by atoms with Crippen molar-refractivity contribution in [3.8, 4) is 5.75 Å². The normalized spacial score (nSPS) is 11.9. The van der Waals surface area contributed by atoms with E-state index in [0.29, 0.717) is 22.6 Å². The van der Waals surface area contributed by atoms with Gasteiger partial charge in [0.25, 0.3) is 0 Å². The average molecular weight is 277 g/mol. The Hall–Kier alpha value is -1.84. The number of benzene rings is 2. The largest absolute Gasteiger partial charge is 0.489 e. The van der Waals surface area contributed by atoms with Crippen LogP contribution in [0.5, 0.6) is 5.75 Å². The highest BCUT2D eigenvalue weighted by Crippen LogP contribution is 2.26. The summed E-state index contributed by atoms with van der Waals surface area (Å²) in [6, 6.07) is 14.0. The summed E-state index contributed by atoms with van der Waals surface area (Å²) in [5.41, 5.74) is 1.27. The summed E-state index contributed by atoms with van der Waals surface area (Å²) in [5, 5.41) is 10.3. The molecule has 2 aromatic rings. The van der Waals surface area contributed by atoms with Gasteiger partial charge in [-0.15, -0.1) is 0 Å². The van der Waals surface area contributed by atoms with Crippen LogP contribution in [-0.2, 0) is 0 Å². The van der Waals surface area contributed by atoms with Crippen LogP contribution in [0.2, 0.25) is 5.02 Å². The summed E-state index contributed by atoms with van der Waals surface area (Å²) in [6.07, 6.45) is -0.00269. The number of hydrogen-bond acceptors (Lipinski definition) is 3. The van der Waals surface area contributed by atoms with Crippen LogP contribution in [-0.4, -0.2) is 18.0 Å². The minimum absolute atomic E-state index is 0.101. The van der Waals surface area contributed by atoms with Crippen LogP contribution >= 0.6 is 11.6 Å². The molecule has 0 aliphatic rings. The summed E-state index contributed by atoms with van der Waals surface area (Å²) in [7, 11) is 0. The van der Waals surface area contributed by atoms with Gasteiger partial charge >= 0.3 is 0 Å². The standard InChI is InChI=1S/C15H13ClO3/c16-13-8-11(9-17)6-7-15(13)19-10-14(18)12-4-2-1-3-5-12/h1-9,14,18H,10H2. The van der Waals surface area contributed by atoms with E-state index in [9.17, 15) is 9.90 Å². The molecule has 0 fully saturated rings. The van der Waals surface area contributed by atoms with E-state index in [-0.39, 0.29) is 6.61 Å². The Kier molecular flexibility index (Phi) is 4.55. The monoisotopic (exact) mass is 276 g/mol. The molecule has 19 heavy (non-hydrogen) atoms. The molecule has 0 radical (unpaired) electrons. The topological polar surface area (TPSA) is 46.5 Å². The van der Waals surface area contributed by atoms with E-state index in [1.807, 2.05) is 30.3 Å². The van der Waals surface area contributed by atoms with Crippen molar-refractivity contribution in [1.82, 2.24) is 0 Å². The van der Waals surface area contributed by atoms with Crippen LogP contribution in [0.1, 0.15) is 22.0 Å². The maximum atomic E-state index is 10.6. The smallest absolute Gasteiger partial charge is 0.150 e. The van der Waals surface area contributed by atoms with Gasteiger partial charge in [0.15, 0.2) is 0 Å². The van der Waals surface area contributed by atoms with E-state index >= 15 is 0 Å². The lowest BCUT2D eigenvalue weighted by molar-refractivity contribution is 0.108. The molecule has 0 saturated heterocycles. The molecular weight excluding hydrogens is 264 g/mol. The Balaban J connectivity index is 2.01. The molecule has 0 aliphatic heterocycles. The SMILES string of the molecule is O=Cc1ccc(OCC(O)c2ccccc2)c(Cl)c1.